The fourth-order valence-corrected chi connectivity index (χ4v) is 2.26. The molecule has 0 heterocycles. The molecule has 0 bridgehead atoms. The lowest BCUT2D eigenvalue weighted by molar-refractivity contribution is 0.0679. The predicted molar refractivity (Wildman–Crippen MR) is 80.3 cm³/mol. The summed E-state index contributed by atoms with van der Waals surface area (Å²) in [5, 5.41) is 0. The maximum atomic E-state index is 12.5. The van der Waals surface area contributed by atoms with Crippen LogP contribution >= 0.6 is 0 Å². The van der Waals surface area contributed by atoms with Gasteiger partial charge in [-0.25, -0.2) is 0 Å². The smallest absolute Gasteiger partial charge is 0.254 e. The third kappa shape index (κ3) is 3.96. The van der Waals surface area contributed by atoms with Crippen LogP contribution in [0, 0.1) is 6.92 Å². The van der Waals surface area contributed by atoms with Crippen LogP contribution in [0.25, 0.3) is 0 Å². The molecular formula is C15H25N3O. The quantitative estimate of drug-likeness (QED) is 0.827. The first-order valence-corrected chi connectivity index (χ1v) is 6.68. The van der Waals surface area contributed by atoms with E-state index in [2.05, 4.69) is 11.8 Å². The van der Waals surface area contributed by atoms with Gasteiger partial charge in [0.1, 0.15) is 0 Å². The van der Waals surface area contributed by atoms with Gasteiger partial charge in [0.15, 0.2) is 0 Å². The molecule has 0 saturated heterocycles. The zero-order valence-corrected chi connectivity index (χ0v) is 12.6. The average Bonchev–Trinajstić information content (AvgIpc) is 2.32. The highest BCUT2D eigenvalue weighted by atomic mass is 16.2. The minimum absolute atomic E-state index is 0.0694. The van der Waals surface area contributed by atoms with E-state index in [1.54, 1.807) is 12.1 Å². The van der Waals surface area contributed by atoms with Gasteiger partial charge < -0.3 is 15.5 Å². The lowest BCUT2D eigenvalue weighted by Crippen LogP contribution is -2.43. The van der Waals surface area contributed by atoms with E-state index in [-0.39, 0.29) is 11.9 Å². The van der Waals surface area contributed by atoms with E-state index >= 15 is 0 Å². The Balaban J connectivity index is 2.91. The third-order valence-corrected chi connectivity index (χ3v) is 3.28. The Kier molecular flexibility index (Phi) is 5.36. The second-order valence-corrected chi connectivity index (χ2v) is 5.27. The number of aryl methyl sites for hydroxylation is 1. The predicted octanol–water partition coefficient (Wildman–Crippen LogP) is 1.99. The number of likely N-dealkylation sites (N-methyl/N-ethyl adjacent to an activating group) is 2. The summed E-state index contributed by atoms with van der Waals surface area (Å²) in [7, 11) is 4.03. The van der Waals surface area contributed by atoms with Crippen molar-refractivity contribution in [1.82, 2.24) is 9.80 Å². The standard InChI is InChI=1S/C15H25N3O/c1-6-18(12(3)10-17(4)5)15(19)13-7-8-14(16)11(2)9-13/h7-9,12H,6,10,16H2,1-5H3. The molecule has 0 aromatic heterocycles. The number of amides is 1. The average molecular weight is 263 g/mol. The van der Waals surface area contributed by atoms with E-state index in [1.807, 2.05) is 38.9 Å². The van der Waals surface area contributed by atoms with Gasteiger partial charge in [-0.1, -0.05) is 0 Å². The molecule has 1 amide bonds. The molecule has 0 aliphatic heterocycles. The fourth-order valence-electron chi connectivity index (χ4n) is 2.26. The van der Waals surface area contributed by atoms with Crippen LogP contribution in [0.15, 0.2) is 18.2 Å². The number of benzene rings is 1. The van der Waals surface area contributed by atoms with Gasteiger partial charge in [-0.2, -0.15) is 0 Å². The molecule has 106 valence electrons. The Bertz CT molecular complexity index is 443. The molecule has 1 atom stereocenters. The first-order chi connectivity index (χ1) is 8.86. The van der Waals surface area contributed by atoms with Crippen LogP contribution in [-0.2, 0) is 0 Å². The number of hydrogen-bond acceptors (Lipinski definition) is 3. The van der Waals surface area contributed by atoms with Crippen LogP contribution < -0.4 is 5.73 Å². The van der Waals surface area contributed by atoms with Crippen molar-refractivity contribution in [2.45, 2.75) is 26.8 Å². The van der Waals surface area contributed by atoms with E-state index in [0.717, 1.165) is 17.8 Å². The van der Waals surface area contributed by atoms with Crippen LogP contribution in [-0.4, -0.2) is 48.9 Å². The number of anilines is 1. The molecule has 0 fully saturated rings. The van der Waals surface area contributed by atoms with Gasteiger partial charge in [-0.15, -0.1) is 0 Å². The summed E-state index contributed by atoms with van der Waals surface area (Å²) in [5.74, 6) is 0.0694. The molecule has 1 unspecified atom stereocenters. The number of nitrogens with zero attached hydrogens (tertiary/aromatic N) is 2. The molecule has 0 aliphatic rings. The summed E-state index contributed by atoms with van der Waals surface area (Å²) in [6, 6.07) is 5.65. The van der Waals surface area contributed by atoms with Crippen LogP contribution in [0.1, 0.15) is 29.8 Å². The van der Waals surface area contributed by atoms with Crippen molar-refractivity contribution in [1.29, 1.82) is 0 Å². The Morgan fingerprint density at radius 1 is 1.37 bits per heavy atom. The van der Waals surface area contributed by atoms with E-state index < -0.39 is 0 Å². The molecule has 2 N–H and O–H groups in total. The van der Waals surface area contributed by atoms with Crippen molar-refractivity contribution in [3.8, 4) is 0 Å². The number of hydrogen-bond donors (Lipinski definition) is 1. The number of carbonyl (C=O) groups excluding carboxylic acids is 1. The van der Waals surface area contributed by atoms with Crippen LogP contribution in [0.4, 0.5) is 5.69 Å². The molecule has 4 heteroatoms. The molecule has 1 aromatic rings. The summed E-state index contributed by atoms with van der Waals surface area (Å²) in [6.07, 6.45) is 0. The highest BCUT2D eigenvalue weighted by Gasteiger charge is 2.20. The van der Waals surface area contributed by atoms with Gasteiger partial charge in [-0.05, 0) is 58.6 Å². The Hall–Kier alpha value is -1.55. The van der Waals surface area contributed by atoms with Gasteiger partial charge in [-0.3, -0.25) is 4.79 Å². The van der Waals surface area contributed by atoms with Crippen molar-refractivity contribution < 1.29 is 4.79 Å². The van der Waals surface area contributed by atoms with E-state index in [0.29, 0.717) is 12.1 Å². The monoisotopic (exact) mass is 263 g/mol. The van der Waals surface area contributed by atoms with Crippen molar-refractivity contribution in [2.75, 3.05) is 32.9 Å². The summed E-state index contributed by atoms with van der Waals surface area (Å²) in [4.78, 5) is 16.5. The number of rotatable bonds is 5. The van der Waals surface area contributed by atoms with Gasteiger partial charge in [0.2, 0.25) is 0 Å². The minimum atomic E-state index is 0.0694. The molecular weight excluding hydrogens is 238 g/mol. The number of nitrogens with two attached hydrogens (primary N) is 1. The normalized spacial score (nSPS) is 12.5. The molecule has 19 heavy (non-hydrogen) atoms. The Labute approximate surface area is 116 Å². The maximum Gasteiger partial charge on any atom is 0.254 e. The lowest BCUT2D eigenvalue weighted by Gasteiger charge is -2.30. The molecule has 0 spiro atoms. The molecule has 1 rings (SSSR count). The highest BCUT2D eigenvalue weighted by molar-refractivity contribution is 5.95. The molecule has 0 aliphatic carbocycles. The summed E-state index contributed by atoms with van der Waals surface area (Å²) < 4.78 is 0. The topological polar surface area (TPSA) is 49.6 Å². The highest BCUT2D eigenvalue weighted by Crippen LogP contribution is 2.15. The van der Waals surface area contributed by atoms with Crippen molar-refractivity contribution in [3.63, 3.8) is 0 Å². The second kappa shape index (κ2) is 6.57. The first-order valence-electron chi connectivity index (χ1n) is 6.68. The molecule has 1 aromatic carbocycles. The maximum absolute atomic E-state index is 12.5. The SMILES string of the molecule is CCN(C(=O)c1ccc(N)c(C)c1)C(C)CN(C)C. The van der Waals surface area contributed by atoms with Gasteiger partial charge in [0.05, 0.1) is 0 Å². The van der Waals surface area contributed by atoms with E-state index in [9.17, 15) is 4.79 Å². The molecule has 0 saturated carbocycles. The van der Waals surface area contributed by atoms with Crippen molar-refractivity contribution in [2.24, 2.45) is 0 Å². The molecule has 4 nitrogen and oxygen atoms in total. The number of carbonyl (C=O) groups is 1. The fraction of sp³-hybridized carbons (Fsp3) is 0.533. The van der Waals surface area contributed by atoms with Crippen LogP contribution in [0.5, 0.6) is 0 Å². The lowest BCUT2D eigenvalue weighted by atomic mass is 10.1. The second-order valence-electron chi connectivity index (χ2n) is 5.27. The number of nitrogen functional groups attached to an aromatic ring is 1. The third-order valence-electron chi connectivity index (χ3n) is 3.28. The Morgan fingerprint density at radius 3 is 2.47 bits per heavy atom. The van der Waals surface area contributed by atoms with Crippen LogP contribution in [0.2, 0.25) is 0 Å². The van der Waals surface area contributed by atoms with Crippen LogP contribution in [0.3, 0.4) is 0 Å². The summed E-state index contributed by atoms with van der Waals surface area (Å²) in [6.45, 7) is 7.57. The Morgan fingerprint density at radius 2 is 2.00 bits per heavy atom. The van der Waals surface area contributed by atoms with E-state index in [1.165, 1.54) is 0 Å². The summed E-state index contributed by atoms with van der Waals surface area (Å²) >= 11 is 0. The minimum Gasteiger partial charge on any atom is -0.399 e. The van der Waals surface area contributed by atoms with E-state index in [4.69, 9.17) is 5.73 Å². The zero-order chi connectivity index (χ0) is 14.6. The van der Waals surface area contributed by atoms with Crippen molar-refractivity contribution >= 4 is 11.6 Å². The van der Waals surface area contributed by atoms with Gasteiger partial charge >= 0.3 is 0 Å². The summed E-state index contributed by atoms with van der Waals surface area (Å²) in [5.41, 5.74) is 8.17. The molecule has 0 radical (unpaired) electrons. The first kappa shape index (κ1) is 15.5. The largest absolute Gasteiger partial charge is 0.399 e. The zero-order valence-electron chi connectivity index (χ0n) is 12.6. The van der Waals surface area contributed by atoms with Gasteiger partial charge in [0, 0.05) is 30.4 Å². The van der Waals surface area contributed by atoms with Gasteiger partial charge in [0.25, 0.3) is 5.91 Å². The van der Waals surface area contributed by atoms with Crippen molar-refractivity contribution in [3.05, 3.63) is 29.3 Å².